The normalized spacial score (nSPS) is 13.1. The first-order valence-electron chi connectivity index (χ1n) is 5.75. The fourth-order valence-corrected chi connectivity index (χ4v) is 2.21. The van der Waals surface area contributed by atoms with Crippen LogP contribution in [0.15, 0.2) is 5.03 Å². The molecule has 0 aliphatic rings. The van der Waals surface area contributed by atoms with Gasteiger partial charge in [-0.1, -0.05) is 27.7 Å². The van der Waals surface area contributed by atoms with Gasteiger partial charge in [0.2, 0.25) is 0 Å². The third-order valence-corrected chi connectivity index (χ3v) is 4.27. The lowest BCUT2D eigenvalue weighted by Gasteiger charge is -2.16. The molecule has 3 nitrogen and oxygen atoms in total. The van der Waals surface area contributed by atoms with Crippen LogP contribution >= 0.6 is 11.8 Å². The third-order valence-electron chi connectivity index (χ3n) is 2.74. The van der Waals surface area contributed by atoms with Crippen LogP contribution in [0.25, 0.3) is 0 Å². The highest BCUT2D eigenvalue weighted by atomic mass is 32.2. The minimum Gasteiger partial charge on any atom is -0.383 e. The second-order valence-corrected chi connectivity index (χ2v) is 5.74. The van der Waals surface area contributed by atoms with Crippen molar-refractivity contribution in [2.24, 2.45) is 5.92 Å². The molecule has 0 radical (unpaired) electrons. The zero-order valence-corrected chi connectivity index (χ0v) is 11.6. The summed E-state index contributed by atoms with van der Waals surface area (Å²) in [6.45, 7) is 10.7. The fourth-order valence-electron chi connectivity index (χ4n) is 1.14. The number of nitrogens with two attached hydrogens (primary N) is 1. The van der Waals surface area contributed by atoms with Crippen molar-refractivity contribution in [3.8, 4) is 0 Å². The standard InChI is InChI=1S/C12H21N3S/c1-6-10-14-11(13)8(4)12(15-10)16-9(5)7(2)3/h7,9H,6H2,1-5H3,(H2,13,14,15). The Balaban J connectivity index is 2.98. The average Bonchev–Trinajstić information content (AvgIpc) is 2.24. The number of hydrogen-bond acceptors (Lipinski definition) is 4. The molecular formula is C12H21N3S. The fraction of sp³-hybridized carbons (Fsp3) is 0.667. The third kappa shape index (κ3) is 3.11. The Morgan fingerprint density at radius 3 is 2.38 bits per heavy atom. The molecule has 0 saturated heterocycles. The molecule has 0 bridgehead atoms. The smallest absolute Gasteiger partial charge is 0.131 e. The van der Waals surface area contributed by atoms with E-state index in [1.165, 1.54) is 0 Å². The molecule has 0 amide bonds. The molecule has 1 atom stereocenters. The van der Waals surface area contributed by atoms with Gasteiger partial charge in [-0.05, 0) is 12.8 Å². The summed E-state index contributed by atoms with van der Waals surface area (Å²) in [6.07, 6.45) is 0.827. The van der Waals surface area contributed by atoms with E-state index in [1.54, 1.807) is 11.8 Å². The van der Waals surface area contributed by atoms with Crippen molar-refractivity contribution in [2.75, 3.05) is 5.73 Å². The Bertz CT molecular complexity index is 364. The van der Waals surface area contributed by atoms with Crippen molar-refractivity contribution in [2.45, 2.75) is 51.3 Å². The van der Waals surface area contributed by atoms with E-state index in [9.17, 15) is 0 Å². The van der Waals surface area contributed by atoms with Crippen LogP contribution in [0.5, 0.6) is 0 Å². The van der Waals surface area contributed by atoms with Gasteiger partial charge in [0.15, 0.2) is 0 Å². The number of aromatic nitrogens is 2. The molecule has 0 spiro atoms. The Morgan fingerprint density at radius 1 is 1.25 bits per heavy atom. The quantitative estimate of drug-likeness (QED) is 0.648. The molecule has 1 aromatic rings. The van der Waals surface area contributed by atoms with Gasteiger partial charge in [0.25, 0.3) is 0 Å². The zero-order chi connectivity index (χ0) is 12.3. The highest BCUT2D eigenvalue weighted by Crippen LogP contribution is 2.30. The van der Waals surface area contributed by atoms with E-state index in [1.807, 2.05) is 13.8 Å². The summed E-state index contributed by atoms with van der Waals surface area (Å²) >= 11 is 1.79. The van der Waals surface area contributed by atoms with Crippen LogP contribution in [0.2, 0.25) is 0 Å². The van der Waals surface area contributed by atoms with Gasteiger partial charge in [-0.2, -0.15) is 0 Å². The Kier molecular flexibility index (Phi) is 4.59. The number of nitrogen functional groups attached to an aromatic ring is 1. The summed E-state index contributed by atoms with van der Waals surface area (Å²) in [5, 5.41) is 1.57. The van der Waals surface area contributed by atoms with Gasteiger partial charge in [-0.15, -0.1) is 11.8 Å². The molecule has 90 valence electrons. The molecule has 0 fully saturated rings. The summed E-state index contributed by atoms with van der Waals surface area (Å²) in [7, 11) is 0. The van der Waals surface area contributed by atoms with E-state index in [0.717, 1.165) is 22.8 Å². The first kappa shape index (κ1) is 13.3. The van der Waals surface area contributed by atoms with Crippen LogP contribution in [0.4, 0.5) is 5.82 Å². The molecular weight excluding hydrogens is 218 g/mol. The van der Waals surface area contributed by atoms with E-state index in [-0.39, 0.29) is 0 Å². The number of nitrogens with zero attached hydrogens (tertiary/aromatic N) is 2. The predicted octanol–water partition coefficient (Wildman–Crippen LogP) is 3.07. The maximum Gasteiger partial charge on any atom is 0.131 e. The molecule has 2 N–H and O–H groups in total. The average molecular weight is 239 g/mol. The van der Waals surface area contributed by atoms with Gasteiger partial charge in [0.1, 0.15) is 16.7 Å². The lowest BCUT2D eigenvalue weighted by molar-refractivity contribution is 0.641. The van der Waals surface area contributed by atoms with Gasteiger partial charge in [0.05, 0.1) is 0 Å². The van der Waals surface area contributed by atoms with Crippen LogP contribution in [0.3, 0.4) is 0 Å². The maximum absolute atomic E-state index is 5.88. The SMILES string of the molecule is CCc1nc(N)c(C)c(SC(C)C(C)C)n1. The molecule has 16 heavy (non-hydrogen) atoms. The van der Waals surface area contributed by atoms with Crippen molar-refractivity contribution in [3.05, 3.63) is 11.4 Å². The predicted molar refractivity (Wildman–Crippen MR) is 70.7 cm³/mol. The van der Waals surface area contributed by atoms with Gasteiger partial charge in [-0.25, -0.2) is 9.97 Å². The second kappa shape index (κ2) is 5.53. The lowest BCUT2D eigenvalue weighted by Crippen LogP contribution is -2.09. The van der Waals surface area contributed by atoms with E-state index >= 15 is 0 Å². The summed E-state index contributed by atoms with van der Waals surface area (Å²) in [5.74, 6) is 2.08. The molecule has 1 aromatic heterocycles. The number of aryl methyl sites for hydroxylation is 1. The van der Waals surface area contributed by atoms with Crippen molar-refractivity contribution in [1.29, 1.82) is 0 Å². The monoisotopic (exact) mass is 239 g/mol. The molecule has 0 aliphatic heterocycles. The molecule has 0 saturated carbocycles. The lowest BCUT2D eigenvalue weighted by atomic mass is 10.2. The number of thioether (sulfide) groups is 1. The number of hydrogen-bond donors (Lipinski definition) is 1. The van der Waals surface area contributed by atoms with E-state index in [2.05, 4.69) is 30.7 Å². The van der Waals surface area contributed by atoms with E-state index in [4.69, 9.17) is 5.73 Å². The highest BCUT2D eigenvalue weighted by molar-refractivity contribution is 7.99. The summed E-state index contributed by atoms with van der Waals surface area (Å²) < 4.78 is 0. The van der Waals surface area contributed by atoms with Crippen LogP contribution < -0.4 is 5.73 Å². The Morgan fingerprint density at radius 2 is 1.88 bits per heavy atom. The minimum absolute atomic E-state index is 0.540. The zero-order valence-electron chi connectivity index (χ0n) is 10.7. The van der Waals surface area contributed by atoms with Crippen molar-refractivity contribution in [1.82, 2.24) is 9.97 Å². The van der Waals surface area contributed by atoms with Crippen LogP contribution in [-0.2, 0) is 6.42 Å². The van der Waals surface area contributed by atoms with Gasteiger partial charge < -0.3 is 5.73 Å². The van der Waals surface area contributed by atoms with E-state index in [0.29, 0.717) is 17.0 Å². The minimum atomic E-state index is 0.540. The molecule has 0 aromatic carbocycles. The van der Waals surface area contributed by atoms with Gasteiger partial charge in [0, 0.05) is 17.2 Å². The van der Waals surface area contributed by atoms with Crippen molar-refractivity contribution >= 4 is 17.6 Å². The number of rotatable bonds is 4. The topological polar surface area (TPSA) is 51.8 Å². The van der Waals surface area contributed by atoms with Crippen molar-refractivity contribution < 1.29 is 0 Å². The van der Waals surface area contributed by atoms with Gasteiger partial charge in [-0.3, -0.25) is 0 Å². The molecule has 1 heterocycles. The van der Waals surface area contributed by atoms with E-state index < -0.39 is 0 Å². The second-order valence-electron chi connectivity index (χ2n) is 4.38. The highest BCUT2D eigenvalue weighted by Gasteiger charge is 2.14. The van der Waals surface area contributed by atoms with Gasteiger partial charge >= 0.3 is 0 Å². The molecule has 1 rings (SSSR count). The maximum atomic E-state index is 5.88. The summed E-state index contributed by atoms with van der Waals surface area (Å²) in [6, 6.07) is 0. The molecule has 1 unspecified atom stereocenters. The van der Waals surface area contributed by atoms with Crippen LogP contribution in [-0.4, -0.2) is 15.2 Å². The molecule has 0 aliphatic carbocycles. The molecule has 4 heteroatoms. The van der Waals surface area contributed by atoms with Crippen molar-refractivity contribution in [3.63, 3.8) is 0 Å². The largest absolute Gasteiger partial charge is 0.383 e. The number of anilines is 1. The first-order valence-corrected chi connectivity index (χ1v) is 6.63. The van der Waals surface area contributed by atoms with Crippen LogP contribution in [0, 0.1) is 12.8 Å². The Hall–Kier alpha value is -0.770. The summed E-state index contributed by atoms with van der Waals surface area (Å²) in [4.78, 5) is 8.80. The first-order chi connectivity index (χ1) is 7.45. The Labute approximate surface area is 102 Å². The summed E-state index contributed by atoms with van der Waals surface area (Å²) in [5.41, 5.74) is 6.89. The van der Waals surface area contributed by atoms with Crippen LogP contribution in [0.1, 0.15) is 39.1 Å².